The van der Waals surface area contributed by atoms with Gasteiger partial charge in [0.15, 0.2) is 0 Å². The zero-order valence-corrected chi connectivity index (χ0v) is 13.4. The molecule has 24 heavy (non-hydrogen) atoms. The topological polar surface area (TPSA) is 76.5 Å². The predicted octanol–water partition coefficient (Wildman–Crippen LogP) is 3.61. The number of nitrogens with zero attached hydrogens (tertiary/aromatic N) is 2. The van der Waals surface area contributed by atoms with Crippen molar-refractivity contribution in [1.29, 1.82) is 0 Å². The summed E-state index contributed by atoms with van der Waals surface area (Å²) in [6, 6.07) is 14.0. The smallest absolute Gasteiger partial charge is 0.227 e. The minimum absolute atomic E-state index is 0.205. The van der Waals surface area contributed by atoms with Gasteiger partial charge < -0.3 is 19.9 Å². The van der Waals surface area contributed by atoms with Crippen molar-refractivity contribution >= 4 is 11.6 Å². The average molecular weight is 323 g/mol. The Hall–Kier alpha value is -3.28. The number of rotatable bonds is 5. The van der Waals surface area contributed by atoms with E-state index in [0.717, 1.165) is 17.0 Å². The number of benzene rings is 2. The van der Waals surface area contributed by atoms with Gasteiger partial charge in [-0.25, -0.2) is 9.97 Å². The molecule has 3 aromatic rings. The van der Waals surface area contributed by atoms with Crippen molar-refractivity contribution in [3.63, 3.8) is 0 Å². The van der Waals surface area contributed by atoms with Crippen molar-refractivity contribution in [3.05, 3.63) is 54.7 Å². The van der Waals surface area contributed by atoms with E-state index < -0.39 is 0 Å². The molecule has 0 atom stereocenters. The lowest BCUT2D eigenvalue weighted by Crippen LogP contribution is -1.98. The van der Waals surface area contributed by atoms with Gasteiger partial charge in [0.05, 0.1) is 19.9 Å². The van der Waals surface area contributed by atoms with Crippen molar-refractivity contribution in [2.45, 2.75) is 0 Å². The number of anilines is 2. The quantitative estimate of drug-likeness (QED) is 0.699. The Bertz CT molecular complexity index is 835. The highest BCUT2D eigenvalue weighted by atomic mass is 16.5. The van der Waals surface area contributed by atoms with Gasteiger partial charge in [-0.15, -0.1) is 0 Å². The number of aromatic hydroxyl groups is 1. The molecular formula is C18H17N3O3. The van der Waals surface area contributed by atoms with E-state index in [9.17, 15) is 5.11 Å². The molecule has 0 spiro atoms. The number of nitrogens with one attached hydrogen (secondary N) is 1. The largest absolute Gasteiger partial charge is 0.508 e. The molecule has 0 aliphatic carbocycles. The molecule has 0 saturated carbocycles. The molecule has 0 aliphatic heterocycles. The van der Waals surface area contributed by atoms with Gasteiger partial charge in [0.2, 0.25) is 5.95 Å². The summed E-state index contributed by atoms with van der Waals surface area (Å²) in [5, 5.41) is 12.4. The molecule has 2 N–H and O–H groups in total. The Morgan fingerprint density at radius 2 is 1.75 bits per heavy atom. The summed E-state index contributed by atoms with van der Waals surface area (Å²) in [5.41, 5.74) is 2.30. The van der Waals surface area contributed by atoms with E-state index >= 15 is 0 Å². The van der Waals surface area contributed by atoms with Crippen molar-refractivity contribution < 1.29 is 14.6 Å². The molecule has 1 heterocycles. The lowest BCUT2D eigenvalue weighted by Gasteiger charge is -2.11. The molecule has 0 amide bonds. The highest BCUT2D eigenvalue weighted by molar-refractivity contribution is 5.70. The number of methoxy groups -OCH3 is 2. The summed E-state index contributed by atoms with van der Waals surface area (Å²) in [6.45, 7) is 0. The molecule has 0 saturated heterocycles. The van der Waals surface area contributed by atoms with Gasteiger partial charge in [0.1, 0.15) is 17.2 Å². The van der Waals surface area contributed by atoms with Crippen LogP contribution in [0.4, 0.5) is 11.6 Å². The van der Waals surface area contributed by atoms with Gasteiger partial charge in [0, 0.05) is 17.4 Å². The molecule has 1 aromatic heterocycles. The Morgan fingerprint density at radius 1 is 0.958 bits per heavy atom. The fourth-order valence-corrected chi connectivity index (χ4v) is 2.26. The summed E-state index contributed by atoms with van der Waals surface area (Å²) in [4.78, 5) is 8.75. The van der Waals surface area contributed by atoms with E-state index in [1.165, 1.54) is 0 Å². The van der Waals surface area contributed by atoms with Crippen LogP contribution in [0.1, 0.15) is 0 Å². The van der Waals surface area contributed by atoms with E-state index in [1.54, 1.807) is 50.7 Å². The number of ether oxygens (including phenoxy) is 2. The summed E-state index contributed by atoms with van der Waals surface area (Å²) in [5.74, 6) is 2.07. The zero-order chi connectivity index (χ0) is 16.9. The third kappa shape index (κ3) is 3.38. The van der Waals surface area contributed by atoms with Crippen LogP contribution in [-0.2, 0) is 0 Å². The van der Waals surface area contributed by atoms with Crippen LogP contribution in [0.3, 0.4) is 0 Å². The van der Waals surface area contributed by atoms with Gasteiger partial charge in [0.25, 0.3) is 0 Å². The monoisotopic (exact) mass is 323 g/mol. The minimum Gasteiger partial charge on any atom is -0.508 e. The Balaban J connectivity index is 1.94. The van der Waals surface area contributed by atoms with E-state index in [2.05, 4.69) is 15.3 Å². The summed E-state index contributed by atoms with van der Waals surface area (Å²) >= 11 is 0. The maximum atomic E-state index is 9.34. The second kappa shape index (κ2) is 6.87. The first kappa shape index (κ1) is 15.6. The molecule has 0 unspecified atom stereocenters. The second-order valence-corrected chi connectivity index (χ2v) is 5.00. The number of hydrogen-bond acceptors (Lipinski definition) is 6. The first-order chi connectivity index (χ1) is 11.7. The SMILES string of the molecule is COc1ccc(OC)c(-c2ccnc(Nc3ccc(O)cc3)n2)c1. The Kier molecular flexibility index (Phi) is 4.47. The first-order valence-corrected chi connectivity index (χ1v) is 7.31. The summed E-state index contributed by atoms with van der Waals surface area (Å²) in [6.07, 6.45) is 1.67. The number of hydrogen-bond donors (Lipinski definition) is 2. The third-order valence-corrected chi connectivity index (χ3v) is 3.46. The van der Waals surface area contributed by atoms with Crippen LogP contribution in [0, 0.1) is 0 Å². The van der Waals surface area contributed by atoms with Crippen LogP contribution in [-0.4, -0.2) is 29.3 Å². The van der Waals surface area contributed by atoms with Gasteiger partial charge in [-0.05, 0) is 48.5 Å². The van der Waals surface area contributed by atoms with Crippen LogP contribution >= 0.6 is 0 Å². The standard InChI is InChI=1S/C18H17N3O3/c1-23-14-7-8-17(24-2)15(11-14)16-9-10-19-18(21-16)20-12-3-5-13(22)6-4-12/h3-11,22H,1-2H3,(H,19,20,21). The van der Waals surface area contributed by atoms with Crippen molar-refractivity contribution in [2.24, 2.45) is 0 Å². The molecule has 6 nitrogen and oxygen atoms in total. The lowest BCUT2D eigenvalue weighted by atomic mass is 10.1. The van der Waals surface area contributed by atoms with Gasteiger partial charge in [-0.3, -0.25) is 0 Å². The molecule has 2 aromatic carbocycles. The molecule has 0 radical (unpaired) electrons. The molecular weight excluding hydrogens is 306 g/mol. The fraction of sp³-hybridized carbons (Fsp3) is 0.111. The predicted molar refractivity (Wildman–Crippen MR) is 92.0 cm³/mol. The zero-order valence-electron chi connectivity index (χ0n) is 13.4. The second-order valence-electron chi connectivity index (χ2n) is 5.00. The maximum absolute atomic E-state index is 9.34. The lowest BCUT2D eigenvalue weighted by molar-refractivity contribution is 0.404. The van der Waals surface area contributed by atoms with E-state index in [0.29, 0.717) is 17.4 Å². The Morgan fingerprint density at radius 3 is 2.46 bits per heavy atom. The van der Waals surface area contributed by atoms with Gasteiger partial charge in [-0.1, -0.05) is 0 Å². The highest BCUT2D eigenvalue weighted by Gasteiger charge is 2.10. The average Bonchev–Trinajstić information content (AvgIpc) is 2.63. The Labute approximate surface area is 139 Å². The molecule has 3 rings (SSSR count). The summed E-state index contributed by atoms with van der Waals surface area (Å²) in [7, 11) is 3.23. The number of phenolic OH excluding ortho intramolecular Hbond substituents is 1. The molecule has 6 heteroatoms. The van der Waals surface area contributed by atoms with E-state index in [-0.39, 0.29) is 5.75 Å². The van der Waals surface area contributed by atoms with Crippen LogP contribution in [0.5, 0.6) is 17.2 Å². The molecule has 0 fully saturated rings. The normalized spacial score (nSPS) is 10.2. The fourth-order valence-electron chi connectivity index (χ4n) is 2.26. The van der Waals surface area contributed by atoms with E-state index in [4.69, 9.17) is 9.47 Å². The molecule has 0 bridgehead atoms. The van der Waals surface area contributed by atoms with Gasteiger partial charge >= 0.3 is 0 Å². The number of phenols is 1. The van der Waals surface area contributed by atoms with E-state index in [1.807, 2.05) is 18.2 Å². The van der Waals surface area contributed by atoms with Crippen LogP contribution < -0.4 is 14.8 Å². The third-order valence-electron chi connectivity index (χ3n) is 3.46. The minimum atomic E-state index is 0.205. The van der Waals surface area contributed by atoms with Crippen LogP contribution in [0.25, 0.3) is 11.3 Å². The van der Waals surface area contributed by atoms with Crippen LogP contribution in [0.15, 0.2) is 54.7 Å². The molecule has 0 aliphatic rings. The molecule has 122 valence electrons. The maximum Gasteiger partial charge on any atom is 0.227 e. The van der Waals surface area contributed by atoms with Crippen molar-refractivity contribution in [2.75, 3.05) is 19.5 Å². The summed E-state index contributed by atoms with van der Waals surface area (Å²) < 4.78 is 10.7. The van der Waals surface area contributed by atoms with Gasteiger partial charge in [-0.2, -0.15) is 0 Å². The first-order valence-electron chi connectivity index (χ1n) is 7.31. The van der Waals surface area contributed by atoms with Crippen molar-refractivity contribution in [1.82, 2.24) is 9.97 Å². The highest BCUT2D eigenvalue weighted by Crippen LogP contribution is 2.32. The van der Waals surface area contributed by atoms with Crippen LogP contribution in [0.2, 0.25) is 0 Å². The van der Waals surface area contributed by atoms with Crippen molar-refractivity contribution in [3.8, 4) is 28.5 Å². The number of aromatic nitrogens is 2.